The van der Waals surface area contributed by atoms with Gasteiger partial charge in [-0.05, 0) is 57.5 Å². The number of rotatable bonds is 8. The number of carbonyl (C=O) groups is 2. The molecule has 2 aromatic carbocycles. The summed E-state index contributed by atoms with van der Waals surface area (Å²) in [6, 6.07) is 11.8. The van der Waals surface area contributed by atoms with E-state index in [0.29, 0.717) is 41.7 Å². The van der Waals surface area contributed by atoms with E-state index in [4.69, 9.17) is 25.8 Å². The Labute approximate surface area is 181 Å². The lowest BCUT2D eigenvalue weighted by molar-refractivity contribution is -0.119. The van der Waals surface area contributed by atoms with Gasteiger partial charge in [-0.25, -0.2) is 4.90 Å². The van der Waals surface area contributed by atoms with Gasteiger partial charge < -0.3 is 14.2 Å². The van der Waals surface area contributed by atoms with E-state index >= 15 is 0 Å². The fourth-order valence-electron chi connectivity index (χ4n) is 3.14. The second-order valence-corrected chi connectivity index (χ2v) is 7.20. The number of nitrogens with zero attached hydrogens (tertiary/aromatic N) is 1. The lowest BCUT2D eigenvalue weighted by Crippen LogP contribution is -2.31. The SMILES string of the molecule is CCOc1ccc(N2C(=O)C(Cl)=C(c3ccc(OC(C)C)cc3)C2=O)cc1OCC. The van der Waals surface area contributed by atoms with E-state index < -0.39 is 11.8 Å². The first-order valence-corrected chi connectivity index (χ1v) is 10.2. The molecule has 0 bridgehead atoms. The van der Waals surface area contributed by atoms with Crippen LogP contribution >= 0.6 is 11.6 Å². The molecule has 0 saturated carbocycles. The summed E-state index contributed by atoms with van der Waals surface area (Å²) in [5.74, 6) is 0.603. The van der Waals surface area contributed by atoms with Crippen LogP contribution < -0.4 is 19.1 Å². The number of halogens is 1. The summed E-state index contributed by atoms with van der Waals surface area (Å²) in [6.45, 7) is 8.45. The van der Waals surface area contributed by atoms with Crippen molar-refractivity contribution in [3.8, 4) is 17.2 Å². The van der Waals surface area contributed by atoms with Crippen LogP contribution in [0.5, 0.6) is 17.2 Å². The van der Waals surface area contributed by atoms with E-state index in [9.17, 15) is 9.59 Å². The summed E-state index contributed by atoms with van der Waals surface area (Å²) in [5.41, 5.74) is 1.07. The highest BCUT2D eigenvalue weighted by atomic mass is 35.5. The highest BCUT2D eigenvalue weighted by Gasteiger charge is 2.39. The minimum Gasteiger partial charge on any atom is -0.491 e. The molecule has 0 aromatic heterocycles. The van der Waals surface area contributed by atoms with E-state index in [-0.39, 0.29) is 16.7 Å². The van der Waals surface area contributed by atoms with E-state index in [1.807, 2.05) is 27.7 Å². The third-order valence-corrected chi connectivity index (χ3v) is 4.68. The molecule has 0 aliphatic carbocycles. The zero-order valence-electron chi connectivity index (χ0n) is 17.4. The van der Waals surface area contributed by atoms with Gasteiger partial charge in [-0.1, -0.05) is 23.7 Å². The number of amides is 2. The Morgan fingerprint density at radius 3 is 2.13 bits per heavy atom. The van der Waals surface area contributed by atoms with Gasteiger partial charge in [0.2, 0.25) is 0 Å². The van der Waals surface area contributed by atoms with Gasteiger partial charge in [0.15, 0.2) is 11.5 Å². The molecule has 6 nitrogen and oxygen atoms in total. The molecule has 7 heteroatoms. The summed E-state index contributed by atoms with van der Waals surface area (Å²) in [4.78, 5) is 27.0. The third kappa shape index (κ3) is 4.28. The monoisotopic (exact) mass is 429 g/mol. The third-order valence-electron chi connectivity index (χ3n) is 4.33. The molecule has 30 heavy (non-hydrogen) atoms. The highest BCUT2D eigenvalue weighted by Crippen LogP contribution is 2.38. The molecule has 0 saturated heterocycles. The predicted molar refractivity (Wildman–Crippen MR) is 116 cm³/mol. The first kappa shape index (κ1) is 21.7. The molecule has 0 unspecified atom stereocenters. The Morgan fingerprint density at radius 1 is 0.900 bits per heavy atom. The number of ether oxygens (including phenoxy) is 3. The normalized spacial score (nSPS) is 14.0. The number of carbonyl (C=O) groups excluding carboxylic acids is 2. The first-order chi connectivity index (χ1) is 14.4. The molecule has 2 amide bonds. The smallest absolute Gasteiger partial charge is 0.277 e. The highest BCUT2D eigenvalue weighted by molar-refractivity contribution is 6.60. The first-order valence-electron chi connectivity index (χ1n) is 9.82. The van der Waals surface area contributed by atoms with E-state index in [2.05, 4.69) is 0 Å². The van der Waals surface area contributed by atoms with Crippen molar-refractivity contribution in [2.45, 2.75) is 33.8 Å². The summed E-state index contributed by atoms with van der Waals surface area (Å²) in [6.07, 6.45) is 0.0306. The second kappa shape index (κ2) is 9.22. The van der Waals surface area contributed by atoms with Crippen molar-refractivity contribution in [1.82, 2.24) is 0 Å². The van der Waals surface area contributed by atoms with Crippen LogP contribution in [-0.4, -0.2) is 31.1 Å². The largest absolute Gasteiger partial charge is 0.491 e. The fourth-order valence-corrected chi connectivity index (χ4v) is 3.41. The van der Waals surface area contributed by atoms with Gasteiger partial charge in [0.1, 0.15) is 10.8 Å². The van der Waals surface area contributed by atoms with Gasteiger partial charge in [0, 0.05) is 6.07 Å². The average molecular weight is 430 g/mol. The second-order valence-electron chi connectivity index (χ2n) is 6.82. The minimum atomic E-state index is -0.578. The van der Waals surface area contributed by atoms with Crippen LogP contribution in [0.2, 0.25) is 0 Å². The molecule has 0 spiro atoms. The van der Waals surface area contributed by atoms with Gasteiger partial charge >= 0.3 is 0 Å². The quantitative estimate of drug-likeness (QED) is 0.564. The molecule has 0 N–H and O–H groups in total. The molecule has 0 fully saturated rings. The van der Waals surface area contributed by atoms with Crippen molar-refractivity contribution < 1.29 is 23.8 Å². The lowest BCUT2D eigenvalue weighted by Gasteiger charge is -2.18. The minimum absolute atomic E-state index is 0.0306. The number of imide groups is 1. The lowest BCUT2D eigenvalue weighted by atomic mass is 10.1. The molecule has 2 aromatic rings. The maximum atomic E-state index is 13.1. The van der Waals surface area contributed by atoms with Crippen LogP contribution in [0.4, 0.5) is 5.69 Å². The maximum Gasteiger partial charge on any atom is 0.277 e. The van der Waals surface area contributed by atoms with Gasteiger partial charge in [0.25, 0.3) is 11.8 Å². The summed E-state index contributed by atoms with van der Waals surface area (Å²) >= 11 is 6.29. The summed E-state index contributed by atoms with van der Waals surface area (Å²) in [5, 5.41) is -0.121. The summed E-state index contributed by atoms with van der Waals surface area (Å²) in [7, 11) is 0. The molecular weight excluding hydrogens is 406 g/mol. The molecule has 0 radical (unpaired) electrons. The van der Waals surface area contributed by atoms with Crippen LogP contribution in [0.3, 0.4) is 0 Å². The Morgan fingerprint density at radius 2 is 1.53 bits per heavy atom. The molecular formula is C23H24ClNO5. The number of hydrogen-bond donors (Lipinski definition) is 0. The number of benzene rings is 2. The van der Waals surface area contributed by atoms with Gasteiger partial charge in [-0.15, -0.1) is 0 Å². The Hall–Kier alpha value is -2.99. The van der Waals surface area contributed by atoms with Crippen LogP contribution in [0.25, 0.3) is 5.57 Å². The van der Waals surface area contributed by atoms with Gasteiger partial charge in [0.05, 0.1) is 30.6 Å². The molecule has 0 atom stereocenters. The Balaban J connectivity index is 1.93. The number of anilines is 1. The zero-order chi connectivity index (χ0) is 21.8. The van der Waals surface area contributed by atoms with E-state index in [1.165, 1.54) is 0 Å². The van der Waals surface area contributed by atoms with Crippen LogP contribution in [-0.2, 0) is 9.59 Å². The zero-order valence-corrected chi connectivity index (χ0v) is 18.2. The average Bonchev–Trinajstić information content (AvgIpc) is 2.93. The van der Waals surface area contributed by atoms with Crippen molar-refractivity contribution >= 4 is 34.7 Å². The van der Waals surface area contributed by atoms with Crippen molar-refractivity contribution in [1.29, 1.82) is 0 Å². The number of hydrogen-bond acceptors (Lipinski definition) is 5. The van der Waals surface area contributed by atoms with Crippen molar-refractivity contribution in [2.24, 2.45) is 0 Å². The van der Waals surface area contributed by atoms with E-state index in [1.54, 1.807) is 42.5 Å². The van der Waals surface area contributed by atoms with Gasteiger partial charge in [-0.3, -0.25) is 9.59 Å². The summed E-state index contributed by atoms with van der Waals surface area (Å²) < 4.78 is 16.8. The molecule has 158 valence electrons. The molecule has 1 aliphatic rings. The van der Waals surface area contributed by atoms with Crippen LogP contribution in [0.1, 0.15) is 33.3 Å². The standard InChI is InChI=1S/C23H24ClNO5/c1-5-28-18-12-9-16(13-19(18)29-6-2)25-22(26)20(21(24)23(25)27)15-7-10-17(11-8-15)30-14(3)4/h7-14H,5-6H2,1-4H3. The molecule has 1 aliphatic heterocycles. The molecule has 3 rings (SSSR count). The molecule has 1 heterocycles. The Bertz CT molecular complexity index is 982. The van der Waals surface area contributed by atoms with Crippen LogP contribution in [0.15, 0.2) is 47.5 Å². The maximum absolute atomic E-state index is 13.1. The Kier molecular flexibility index (Phi) is 6.67. The topological polar surface area (TPSA) is 65.1 Å². The fraction of sp³-hybridized carbons (Fsp3) is 0.304. The van der Waals surface area contributed by atoms with Gasteiger partial charge in [-0.2, -0.15) is 0 Å². The van der Waals surface area contributed by atoms with Crippen LogP contribution in [0, 0.1) is 0 Å². The predicted octanol–water partition coefficient (Wildman–Crippen LogP) is 4.79. The van der Waals surface area contributed by atoms with Crippen molar-refractivity contribution in [2.75, 3.05) is 18.1 Å². The van der Waals surface area contributed by atoms with E-state index in [0.717, 1.165) is 4.90 Å². The van der Waals surface area contributed by atoms with Crippen molar-refractivity contribution in [3.63, 3.8) is 0 Å². The van der Waals surface area contributed by atoms with Crippen molar-refractivity contribution in [3.05, 3.63) is 53.1 Å².